The number of hydrogen-bond donors (Lipinski definition) is 1. The molecule has 9 nitrogen and oxygen atoms in total. The zero-order chi connectivity index (χ0) is 27.0. The largest absolute Gasteiger partial charge is 0.497 e. The molecular formula is C27H31N3O6S. The summed E-state index contributed by atoms with van der Waals surface area (Å²) in [4.78, 5) is 27.7. The molecule has 3 aromatic carbocycles. The van der Waals surface area contributed by atoms with Crippen LogP contribution in [0.15, 0.2) is 83.8 Å². The predicted octanol–water partition coefficient (Wildman–Crippen LogP) is 3.06. The Hall–Kier alpha value is -4.05. The number of carbonyl (C=O) groups is 2. The summed E-state index contributed by atoms with van der Waals surface area (Å²) in [6.07, 6.45) is 0. The number of sulfonamides is 1. The van der Waals surface area contributed by atoms with Crippen molar-refractivity contribution in [2.75, 3.05) is 32.1 Å². The first-order chi connectivity index (χ1) is 17.7. The normalized spacial score (nSPS) is 11.8. The summed E-state index contributed by atoms with van der Waals surface area (Å²) in [5, 5.41) is 2.56. The minimum atomic E-state index is -4.17. The van der Waals surface area contributed by atoms with Gasteiger partial charge in [0.15, 0.2) is 0 Å². The number of para-hydroxylation sites is 2. The highest BCUT2D eigenvalue weighted by molar-refractivity contribution is 7.92. The third-order valence-corrected chi connectivity index (χ3v) is 7.64. The summed E-state index contributed by atoms with van der Waals surface area (Å²) in [7, 11) is 0.279. The summed E-state index contributed by atoms with van der Waals surface area (Å²) in [6.45, 7) is 1.11. The van der Waals surface area contributed by atoms with Gasteiger partial charge in [-0.1, -0.05) is 42.5 Å². The number of hydrogen-bond acceptors (Lipinski definition) is 6. The Balaban J connectivity index is 2.06. The fraction of sp³-hybridized carbons (Fsp3) is 0.259. The third kappa shape index (κ3) is 6.39. The molecule has 0 saturated heterocycles. The number of likely N-dealkylation sites (N-methyl/N-ethyl adjacent to an activating group) is 1. The molecular weight excluding hydrogens is 494 g/mol. The number of carbonyl (C=O) groups excluding carboxylic acids is 2. The third-order valence-electron chi connectivity index (χ3n) is 5.86. The Morgan fingerprint density at radius 3 is 2.24 bits per heavy atom. The smallest absolute Gasteiger partial charge is 0.264 e. The molecule has 0 bridgehead atoms. The Labute approximate surface area is 217 Å². The maximum absolute atomic E-state index is 13.8. The average Bonchev–Trinajstić information content (AvgIpc) is 2.94. The number of nitrogens with one attached hydrogen (secondary N) is 1. The molecule has 10 heteroatoms. The first-order valence-corrected chi connectivity index (χ1v) is 13.0. The van der Waals surface area contributed by atoms with Crippen LogP contribution >= 0.6 is 0 Å². The topological polar surface area (TPSA) is 105 Å². The second-order valence-electron chi connectivity index (χ2n) is 8.16. The predicted molar refractivity (Wildman–Crippen MR) is 141 cm³/mol. The summed E-state index contributed by atoms with van der Waals surface area (Å²) in [6, 6.07) is 20.7. The van der Waals surface area contributed by atoms with E-state index >= 15 is 0 Å². The molecule has 3 rings (SSSR count). The maximum atomic E-state index is 13.8. The lowest BCUT2D eigenvalue weighted by atomic mass is 10.1. The van der Waals surface area contributed by atoms with Crippen LogP contribution in [0.5, 0.6) is 11.5 Å². The Kier molecular flexibility index (Phi) is 9.13. The molecule has 1 N–H and O–H groups in total. The van der Waals surface area contributed by atoms with Crippen LogP contribution in [0.1, 0.15) is 12.5 Å². The number of anilines is 1. The van der Waals surface area contributed by atoms with Gasteiger partial charge in [-0.2, -0.15) is 0 Å². The fourth-order valence-corrected chi connectivity index (χ4v) is 5.27. The summed E-state index contributed by atoms with van der Waals surface area (Å²) < 4.78 is 39.2. The van der Waals surface area contributed by atoms with Crippen molar-refractivity contribution in [3.05, 3.63) is 84.4 Å². The van der Waals surface area contributed by atoms with Crippen LogP contribution < -0.4 is 19.1 Å². The molecule has 37 heavy (non-hydrogen) atoms. The van der Waals surface area contributed by atoms with Crippen LogP contribution in [0.2, 0.25) is 0 Å². The number of methoxy groups -OCH3 is 2. The van der Waals surface area contributed by atoms with Gasteiger partial charge in [-0.15, -0.1) is 0 Å². The van der Waals surface area contributed by atoms with Gasteiger partial charge in [0.05, 0.1) is 24.8 Å². The molecule has 0 aromatic heterocycles. The monoisotopic (exact) mass is 525 g/mol. The van der Waals surface area contributed by atoms with E-state index in [-0.39, 0.29) is 28.8 Å². The summed E-state index contributed by atoms with van der Waals surface area (Å²) in [5.41, 5.74) is 0.925. The van der Waals surface area contributed by atoms with Gasteiger partial charge in [0.2, 0.25) is 11.8 Å². The number of nitrogens with zero attached hydrogens (tertiary/aromatic N) is 2. The molecule has 2 amide bonds. The highest BCUT2D eigenvalue weighted by atomic mass is 32.2. The first kappa shape index (κ1) is 27.5. The van der Waals surface area contributed by atoms with E-state index in [2.05, 4.69) is 5.32 Å². The van der Waals surface area contributed by atoms with Crippen LogP contribution in [0.3, 0.4) is 0 Å². The van der Waals surface area contributed by atoms with Gasteiger partial charge < -0.3 is 19.7 Å². The zero-order valence-corrected chi connectivity index (χ0v) is 22.1. The van der Waals surface area contributed by atoms with Crippen LogP contribution in [0.4, 0.5) is 5.69 Å². The second kappa shape index (κ2) is 12.3. The highest BCUT2D eigenvalue weighted by Gasteiger charge is 2.33. The lowest BCUT2D eigenvalue weighted by Crippen LogP contribution is -2.50. The van der Waals surface area contributed by atoms with E-state index in [0.717, 1.165) is 9.87 Å². The van der Waals surface area contributed by atoms with Gasteiger partial charge in [0, 0.05) is 13.6 Å². The van der Waals surface area contributed by atoms with Crippen molar-refractivity contribution in [2.24, 2.45) is 0 Å². The second-order valence-corrected chi connectivity index (χ2v) is 10.0. The van der Waals surface area contributed by atoms with Crippen LogP contribution in [0, 0.1) is 0 Å². The van der Waals surface area contributed by atoms with Crippen LogP contribution in [0.25, 0.3) is 0 Å². The van der Waals surface area contributed by atoms with Crippen LogP contribution in [-0.2, 0) is 26.2 Å². The average molecular weight is 526 g/mol. The molecule has 0 aliphatic heterocycles. The van der Waals surface area contributed by atoms with Gasteiger partial charge in [-0.3, -0.25) is 13.9 Å². The van der Waals surface area contributed by atoms with Gasteiger partial charge in [-0.05, 0) is 48.9 Å². The molecule has 3 aromatic rings. The van der Waals surface area contributed by atoms with Gasteiger partial charge >= 0.3 is 0 Å². The Morgan fingerprint density at radius 1 is 0.919 bits per heavy atom. The Morgan fingerprint density at radius 2 is 1.59 bits per heavy atom. The van der Waals surface area contributed by atoms with Gasteiger partial charge in [0.1, 0.15) is 24.1 Å². The molecule has 0 radical (unpaired) electrons. The van der Waals surface area contributed by atoms with Crippen molar-refractivity contribution >= 4 is 27.5 Å². The van der Waals surface area contributed by atoms with E-state index in [9.17, 15) is 18.0 Å². The van der Waals surface area contributed by atoms with Gasteiger partial charge in [0.25, 0.3) is 10.0 Å². The van der Waals surface area contributed by atoms with Gasteiger partial charge in [-0.25, -0.2) is 8.42 Å². The highest BCUT2D eigenvalue weighted by Crippen LogP contribution is 2.32. The standard InChI is InChI=1S/C27H31N3O6S/c1-20(27(32)28-2)29(18-21-11-10-12-22(17-21)35-3)26(31)19-30(24-15-8-9-16-25(24)36-4)37(33,34)23-13-6-5-7-14-23/h5-17,20H,18-19H2,1-4H3,(H,28,32). The quantitative estimate of drug-likeness (QED) is 0.413. The SMILES string of the molecule is CNC(=O)C(C)N(Cc1cccc(OC)c1)C(=O)CN(c1ccccc1OC)S(=O)(=O)c1ccccc1. The number of amides is 2. The molecule has 1 unspecified atom stereocenters. The van der Waals surface area contributed by atoms with E-state index < -0.39 is 28.5 Å². The number of ether oxygens (including phenoxy) is 2. The molecule has 1 atom stereocenters. The lowest BCUT2D eigenvalue weighted by Gasteiger charge is -2.32. The molecule has 196 valence electrons. The molecule has 0 aliphatic carbocycles. The Bertz CT molecular complexity index is 1330. The van der Waals surface area contributed by atoms with E-state index in [0.29, 0.717) is 5.75 Å². The van der Waals surface area contributed by atoms with Crippen molar-refractivity contribution in [3.63, 3.8) is 0 Å². The van der Waals surface area contributed by atoms with Crippen molar-refractivity contribution in [1.29, 1.82) is 0 Å². The minimum absolute atomic E-state index is 0.0207. The van der Waals surface area contributed by atoms with E-state index in [4.69, 9.17) is 9.47 Å². The zero-order valence-electron chi connectivity index (χ0n) is 21.2. The van der Waals surface area contributed by atoms with E-state index in [1.54, 1.807) is 73.7 Å². The maximum Gasteiger partial charge on any atom is 0.264 e. The summed E-state index contributed by atoms with van der Waals surface area (Å²) >= 11 is 0. The summed E-state index contributed by atoms with van der Waals surface area (Å²) in [5.74, 6) is -0.0661. The fourth-order valence-electron chi connectivity index (χ4n) is 3.83. The molecule has 0 fully saturated rings. The van der Waals surface area contributed by atoms with Crippen molar-refractivity contribution in [1.82, 2.24) is 10.2 Å². The van der Waals surface area contributed by atoms with Crippen molar-refractivity contribution in [3.8, 4) is 11.5 Å². The number of rotatable bonds is 11. The number of benzene rings is 3. The molecule has 0 spiro atoms. The van der Waals surface area contributed by atoms with E-state index in [1.807, 2.05) is 0 Å². The molecule has 0 heterocycles. The van der Waals surface area contributed by atoms with Crippen molar-refractivity contribution in [2.45, 2.75) is 24.4 Å². The minimum Gasteiger partial charge on any atom is -0.497 e. The lowest BCUT2D eigenvalue weighted by molar-refractivity contribution is -0.139. The first-order valence-electron chi connectivity index (χ1n) is 11.6. The van der Waals surface area contributed by atoms with E-state index in [1.165, 1.54) is 38.3 Å². The van der Waals surface area contributed by atoms with Crippen LogP contribution in [-0.4, -0.2) is 59.0 Å². The molecule has 0 saturated carbocycles. The van der Waals surface area contributed by atoms with Crippen molar-refractivity contribution < 1.29 is 27.5 Å². The molecule has 0 aliphatic rings.